The summed E-state index contributed by atoms with van der Waals surface area (Å²) in [5.41, 5.74) is 0.726. The van der Waals surface area contributed by atoms with Crippen molar-refractivity contribution in [3.8, 4) is 0 Å². The summed E-state index contributed by atoms with van der Waals surface area (Å²) in [4.78, 5) is 22.6. The van der Waals surface area contributed by atoms with Crippen molar-refractivity contribution >= 4 is 11.6 Å². The number of carbonyl (C=O) groups excluding carboxylic acids is 1. The molecule has 0 aromatic carbocycles. The smallest absolute Gasteiger partial charge is 0.312 e. The lowest BCUT2D eigenvalue weighted by molar-refractivity contribution is -0.386. The van der Waals surface area contributed by atoms with E-state index in [0.717, 1.165) is 25.7 Å². The highest BCUT2D eigenvalue weighted by molar-refractivity contribution is 5.80. The van der Waals surface area contributed by atoms with E-state index in [1.54, 1.807) is 20.8 Å². The van der Waals surface area contributed by atoms with Gasteiger partial charge in [0.2, 0.25) is 5.91 Å². The molecule has 1 aromatic rings. The monoisotopic (exact) mass is 296 g/mol. The van der Waals surface area contributed by atoms with Gasteiger partial charge in [-0.2, -0.15) is 5.10 Å². The Morgan fingerprint density at radius 1 is 1.38 bits per heavy atom. The van der Waals surface area contributed by atoms with Gasteiger partial charge >= 0.3 is 5.69 Å². The second-order valence-electron chi connectivity index (χ2n) is 5.25. The minimum Gasteiger partial charge on any atom is -0.354 e. The van der Waals surface area contributed by atoms with Crippen molar-refractivity contribution in [3.05, 3.63) is 21.5 Å². The van der Waals surface area contributed by atoms with E-state index in [-0.39, 0.29) is 11.6 Å². The molecule has 1 atom stereocenters. The number of nitrogens with one attached hydrogen (secondary N) is 1. The van der Waals surface area contributed by atoms with Gasteiger partial charge in [0.15, 0.2) is 0 Å². The predicted molar refractivity (Wildman–Crippen MR) is 80.2 cm³/mol. The van der Waals surface area contributed by atoms with Crippen LogP contribution in [0.3, 0.4) is 0 Å². The second kappa shape index (κ2) is 7.75. The van der Waals surface area contributed by atoms with Crippen LogP contribution in [-0.4, -0.2) is 27.2 Å². The van der Waals surface area contributed by atoms with Gasteiger partial charge in [-0.25, -0.2) is 0 Å². The van der Waals surface area contributed by atoms with Crippen molar-refractivity contribution in [3.63, 3.8) is 0 Å². The van der Waals surface area contributed by atoms with Crippen molar-refractivity contribution < 1.29 is 9.72 Å². The first-order valence-electron chi connectivity index (χ1n) is 7.37. The van der Waals surface area contributed by atoms with Crippen LogP contribution < -0.4 is 5.32 Å². The third-order valence-corrected chi connectivity index (χ3v) is 3.55. The number of carbonyl (C=O) groups is 1. The molecule has 7 heteroatoms. The molecule has 0 aliphatic carbocycles. The molecule has 118 valence electrons. The number of aromatic nitrogens is 2. The third-order valence-electron chi connectivity index (χ3n) is 3.55. The highest BCUT2D eigenvalue weighted by Crippen LogP contribution is 2.24. The third kappa shape index (κ3) is 4.27. The molecule has 0 saturated heterocycles. The van der Waals surface area contributed by atoms with E-state index in [0.29, 0.717) is 17.9 Å². The Kier molecular flexibility index (Phi) is 6.33. The molecule has 1 aromatic heterocycles. The molecule has 1 rings (SSSR count). The fourth-order valence-corrected chi connectivity index (χ4v) is 2.32. The van der Waals surface area contributed by atoms with Crippen LogP contribution in [0.15, 0.2) is 0 Å². The van der Waals surface area contributed by atoms with Crippen LogP contribution >= 0.6 is 0 Å². The molecule has 0 saturated carbocycles. The molecular weight excluding hydrogens is 272 g/mol. The van der Waals surface area contributed by atoms with Gasteiger partial charge in [0.05, 0.1) is 4.92 Å². The van der Waals surface area contributed by atoms with E-state index >= 15 is 0 Å². The number of hydrogen-bond donors (Lipinski definition) is 1. The van der Waals surface area contributed by atoms with Crippen molar-refractivity contribution in [1.29, 1.82) is 0 Å². The quantitative estimate of drug-likeness (QED) is 0.453. The van der Waals surface area contributed by atoms with Gasteiger partial charge in [0, 0.05) is 6.54 Å². The van der Waals surface area contributed by atoms with Crippen molar-refractivity contribution in [1.82, 2.24) is 15.1 Å². The van der Waals surface area contributed by atoms with E-state index in [1.165, 1.54) is 4.68 Å². The first-order chi connectivity index (χ1) is 9.90. The normalized spacial score (nSPS) is 12.2. The fourth-order valence-electron chi connectivity index (χ4n) is 2.32. The Labute approximate surface area is 124 Å². The number of nitro groups is 1. The summed E-state index contributed by atoms with van der Waals surface area (Å²) >= 11 is 0. The van der Waals surface area contributed by atoms with Crippen LogP contribution in [0, 0.1) is 24.0 Å². The molecule has 1 amide bonds. The van der Waals surface area contributed by atoms with Crippen molar-refractivity contribution in [2.75, 3.05) is 6.54 Å². The average molecular weight is 296 g/mol. The lowest BCUT2D eigenvalue weighted by Gasteiger charge is -2.13. The first-order valence-corrected chi connectivity index (χ1v) is 7.37. The summed E-state index contributed by atoms with van der Waals surface area (Å²) in [5.74, 6) is -0.160. The molecule has 1 unspecified atom stereocenters. The molecule has 0 aliphatic heterocycles. The van der Waals surface area contributed by atoms with Crippen LogP contribution in [0.1, 0.15) is 57.0 Å². The van der Waals surface area contributed by atoms with E-state index < -0.39 is 11.0 Å². The zero-order valence-corrected chi connectivity index (χ0v) is 13.2. The minimum absolute atomic E-state index is 0.0161. The lowest BCUT2D eigenvalue weighted by atomic mass is 10.2. The number of aryl methyl sites for hydroxylation is 1. The molecule has 1 N–H and O–H groups in total. The fraction of sp³-hybridized carbons (Fsp3) is 0.714. The molecule has 0 fully saturated rings. The molecule has 0 aliphatic rings. The van der Waals surface area contributed by atoms with Gasteiger partial charge in [0.25, 0.3) is 0 Å². The van der Waals surface area contributed by atoms with E-state index in [2.05, 4.69) is 17.3 Å². The first kappa shape index (κ1) is 17.1. The summed E-state index contributed by atoms with van der Waals surface area (Å²) in [6.07, 6.45) is 4.36. The zero-order valence-electron chi connectivity index (χ0n) is 13.2. The van der Waals surface area contributed by atoms with E-state index in [4.69, 9.17) is 0 Å². The number of rotatable bonds is 8. The van der Waals surface area contributed by atoms with Gasteiger partial charge < -0.3 is 5.32 Å². The lowest BCUT2D eigenvalue weighted by Crippen LogP contribution is -2.32. The molecule has 21 heavy (non-hydrogen) atoms. The largest absolute Gasteiger partial charge is 0.354 e. The summed E-state index contributed by atoms with van der Waals surface area (Å²) in [6.45, 7) is 7.66. The Bertz CT molecular complexity index is 511. The molecular formula is C14H24N4O3. The number of hydrogen-bond acceptors (Lipinski definition) is 4. The summed E-state index contributed by atoms with van der Waals surface area (Å²) in [7, 11) is 0. The molecule has 0 spiro atoms. The highest BCUT2D eigenvalue weighted by atomic mass is 16.6. The van der Waals surface area contributed by atoms with Gasteiger partial charge in [-0.1, -0.05) is 26.2 Å². The van der Waals surface area contributed by atoms with Crippen LogP contribution in [-0.2, 0) is 4.79 Å². The summed E-state index contributed by atoms with van der Waals surface area (Å²) in [5, 5.41) is 18.0. The SMILES string of the molecule is CCCCCCNC(=O)C(C)n1nc(C)c([N+](=O)[O-])c1C. The number of nitrogens with zero attached hydrogens (tertiary/aromatic N) is 3. The maximum atomic E-state index is 12.1. The number of amides is 1. The van der Waals surface area contributed by atoms with Gasteiger partial charge in [-0.05, 0) is 27.2 Å². The summed E-state index contributed by atoms with van der Waals surface area (Å²) in [6, 6.07) is -0.552. The van der Waals surface area contributed by atoms with Crippen LogP contribution in [0.2, 0.25) is 0 Å². The Hall–Kier alpha value is -1.92. The van der Waals surface area contributed by atoms with Gasteiger partial charge in [0.1, 0.15) is 17.4 Å². The maximum absolute atomic E-state index is 12.1. The number of unbranched alkanes of at least 4 members (excludes halogenated alkanes) is 3. The van der Waals surface area contributed by atoms with Gasteiger partial charge in [-0.3, -0.25) is 19.6 Å². The predicted octanol–water partition coefficient (Wildman–Crippen LogP) is 2.67. The van der Waals surface area contributed by atoms with E-state index in [9.17, 15) is 14.9 Å². The Morgan fingerprint density at radius 2 is 2.05 bits per heavy atom. The Balaban J connectivity index is 2.66. The van der Waals surface area contributed by atoms with E-state index in [1.807, 2.05) is 0 Å². The van der Waals surface area contributed by atoms with Crippen LogP contribution in [0.5, 0.6) is 0 Å². The minimum atomic E-state index is -0.552. The molecule has 7 nitrogen and oxygen atoms in total. The van der Waals surface area contributed by atoms with Gasteiger partial charge in [-0.15, -0.1) is 0 Å². The topological polar surface area (TPSA) is 90.1 Å². The zero-order chi connectivity index (χ0) is 16.0. The summed E-state index contributed by atoms with van der Waals surface area (Å²) < 4.78 is 1.43. The molecule has 0 radical (unpaired) electrons. The van der Waals surface area contributed by atoms with Crippen LogP contribution in [0.4, 0.5) is 5.69 Å². The molecule has 0 bridgehead atoms. The second-order valence-corrected chi connectivity index (χ2v) is 5.25. The highest BCUT2D eigenvalue weighted by Gasteiger charge is 2.26. The maximum Gasteiger partial charge on any atom is 0.312 e. The molecule has 1 heterocycles. The standard InChI is InChI=1S/C14H24N4O3/c1-5-6-7-8-9-15-14(19)12(4)17-11(3)13(18(20)21)10(2)16-17/h12H,5-9H2,1-4H3,(H,15,19). The van der Waals surface area contributed by atoms with Crippen LogP contribution in [0.25, 0.3) is 0 Å². The van der Waals surface area contributed by atoms with Crippen molar-refractivity contribution in [2.24, 2.45) is 0 Å². The Morgan fingerprint density at radius 3 is 2.57 bits per heavy atom. The average Bonchev–Trinajstić information content (AvgIpc) is 2.72. The van der Waals surface area contributed by atoms with Crippen molar-refractivity contribution in [2.45, 2.75) is 59.4 Å².